The van der Waals surface area contributed by atoms with Crippen LogP contribution in [0.5, 0.6) is 5.75 Å². The summed E-state index contributed by atoms with van der Waals surface area (Å²) in [6.45, 7) is 1.81. The molecule has 7 heteroatoms. The van der Waals surface area contributed by atoms with Gasteiger partial charge in [-0.25, -0.2) is 9.48 Å². The number of carbonyl (C=O) groups is 1. The molecule has 2 aromatic rings. The van der Waals surface area contributed by atoms with Crippen LogP contribution in [-0.4, -0.2) is 35.0 Å². The van der Waals surface area contributed by atoms with Crippen LogP contribution in [0.25, 0.3) is 0 Å². The lowest BCUT2D eigenvalue weighted by Crippen LogP contribution is -2.29. The smallest absolute Gasteiger partial charge is 0.338 e. The van der Waals surface area contributed by atoms with Gasteiger partial charge in [-0.15, -0.1) is 0 Å². The molecule has 1 aromatic heterocycles. The van der Waals surface area contributed by atoms with E-state index in [1.54, 1.807) is 11.8 Å². The number of nitrogens with one attached hydrogen (secondary N) is 1. The Morgan fingerprint density at radius 1 is 1.32 bits per heavy atom. The SMILES string of the molecule is COC(=O)C1=C(C)Nc2ncnn2[C@H]1c1ccccc1OC. The highest BCUT2D eigenvalue weighted by Crippen LogP contribution is 2.38. The van der Waals surface area contributed by atoms with Crippen molar-refractivity contribution in [1.29, 1.82) is 0 Å². The summed E-state index contributed by atoms with van der Waals surface area (Å²) < 4.78 is 12.0. The molecular weight excluding hydrogens is 284 g/mol. The van der Waals surface area contributed by atoms with E-state index in [9.17, 15) is 4.79 Å². The lowest BCUT2D eigenvalue weighted by atomic mass is 9.95. The summed E-state index contributed by atoms with van der Waals surface area (Å²) in [6.07, 6.45) is 1.44. The maximum Gasteiger partial charge on any atom is 0.338 e. The Morgan fingerprint density at radius 3 is 2.82 bits per heavy atom. The van der Waals surface area contributed by atoms with E-state index in [-0.39, 0.29) is 0 Å². The van der Waals surface area contributed by atoms with Gasteiger partial charge >= 0.3 is 5.97 Å². The Hall–Kier alpha value is -2.83. The van der Waals surface area contributed by atoms with Gasteiger partial charge in [0.25, 0.3) is 0 Å². The quantitative estimate of drug-likeness (QED) is 0.870. The molecule has 22 heavy (non-hydrogen) atoms. The van der Waals surface area contributed by atoms with Gasteiger partial charge in [0.15, 0.2) is 0 Å². The second-order valence-corrected chi connectivity index (χ2v) is 4.83. The van der Waals surface area contributed by atoms with E-state index < -0.39 is 12.0 Å². The van der Waals surface area contributed by atoms with Crippen molar-refractivity contribution in [2.45, 2.75) is 13.0 Å². The minimum Gasteiger partial charge on any atom is -0.496 e. The molecule has 114 valence electrons. The van der Waals surface area contributed by atoms with Crippen molar-refractivity contribution in [2.75, 3.05) is 19.5 Å². The van der Waals surface area contributed by atoms with Crippen molar-refractivity contribution < 1.29 is 14.3 Å². The zero-order chi connectivity index (χ0) is 15.7. The number of hydrogen-bond acceptors (Lipinski definition) is 6. The average molecular weight is 300 g/mol. The predicted octanol–water partition coefficient (Wildman–Crippen LogP) is 1.75. The van der Waals surface area contributed by atoms with Crippen LogP contribution >= 0.6 is 0 Å². The molecule has 0 saturated carbocycles. The third kappa shape index (κ3) is 2.11. The topological polar surface area (TPSA) is 78.3 Å². The first kappa shape index (κ1) is 14.1. The Morgan fingerprint density at radius 2 is 2.09 bits per heavy atom. The number of carbonyl (C=O) groups excluding carboxylic acids is 1. The number of fused-ring (bicyclic) bond motifs is 1. The molecule has 2 heterocycles. The third-order valence-electron chi connectivity index (χ3n) is 3.63. The van der Waals surface area contributed by atoms with Gasteiger partial charge in [0.1, 0.15) is 18.1 Å². The number of nitrogens with zero attached hydrogens (tertiary/aromatic N) is 3. The van der Waals surface area contributed by atoms with Crippen molar-refractivity contribution >= 4 is 11.9 Å². The van der Waals surface area contributed by atoms with Gasteiger partial charge < -0.3 is 14.8 Å². The van der Waals surface area contributed by atoms with E-state index in [0.717, 1.165) is 5.56 Å². The van der Waals surface area contributed by atoms with Crippen molar-refractivity contribution in [1.82, 2.24) is 14.8 Å². The normalized spacial score (nSPS) is 16.8. The summed E-state index contributed by atoms with van der Waals surface area (Å²) >= 11 is 0. The van der Waals surface area contributed by atoms with Gasteiger partial charge in [-0.2, -0.15) is 10.1 Å². The minimum atomic E-state index is -0.456. The second kappa shape index (κ2) is 5.51. The zero-order valence-electron chi connectivity index (χ0n) is 12.5. The second-order valence-electron chi connectivity index (χ2n) is 4.83. The molecule has 0 unspecified atom stereocenters. The number of anilines is 1. The molecular formula is C15H16N4O3. The monoisotopic (exact) mass is 300 g/mol. The van der Waals surface area contributed by atoms with E-state index >= 15 is 0 Å². The summed E-state index contributed by atoms with van der Waals surface area (Å²) in [6, 6.07) is 7.05. The highest BCUT2D eigenvalue weighted by molar-refractivity contribution is 5.92. The predicted molar refractivity (Wildman–Crippen MR) is 79.5 cm³/mol. The van der Waals surface area contributed by atoms with Crippen LogP contribution in [0.15, 0.2) is 41.9 Å². The fourth-order valence-corrected chi connectivity index (χ4v) is 2.65. The minimum absolute atomic E-state index is 0.415. The molecule has 0 saturated heterocycles. The van der Waals surface area contributed by atoms with Crippen molar-refractivity contribution in [2.24, 2.45) is 0 Å². The molecule has 1 N–H and O–H groups in total. The number of hydrogen-bond donors (Lipinski definition) is 1. The molecule has 1 aliphatic heterocycles. The number of benzene rings is 1. The maximum atomic E-state index is 12.3. The summed E-state index contributed by atoms with van der Waals surface area (Å²) in [5.74, 6) is 0.827. The largest absolute Gasteiger partial charge is 0.496 e. The highest BCUT2D eigenvalue weighted by Gasteiger charge is 2.35. The number of methoxy groups -OCH3 is 2. The number of esters is 1. The van der Waals surface area contributed by atoms with Gasteiger partial charge in [0, 0.05) is 11.3 Å². The number of para-hydroxylation sites is 1. The van der Waals surface area contributed by atoms with Crippen LogP contribution in [0.1, 0.15) is 18.5 Å². The standard InChI is InChI=1S/C15H16N4O3/c1-9-12(14(20)22-3)13(19-15(18-9)16-8-17-19)10-6-4-5-7-11(10)21-2/h4-8,13H,1-3H3,(H,16,17,18)/t13-/m0/s1. The van der Waals surface area contributed by atoms with Crippen LogP contribution < -0.4 is 10.1 Å². The van der Waals surface area contributed by atoms with Crippen molar-refractivity contribution in [3.8, 4) is 5.75 Å². The first-order valence-corrected chi connectivity index (χ1v) is 6.76. The summed E-state index contributed by atoms with van der Waals surface area (Å²) in [7, 11) is 2.95. The fourth-order valence-electron chi connectivity index (χ4n) is 2.65. The van der Waals surface area contributed by atoms with Gasteiger partial charge in [0.05, 0.1) is 19.8 Å². The number of aromatic nitrogens is 3. The first-order valence-electron chi connectivity index (χ1n) is 6.76. The molecule has 0 radical (unpaired) electrons. The van der Waals surface area contributed by atoms with Crippen LogP contribution in [0, 0.1) is 0 Å². The zero-order valence-corrected chi connectivity index (χ0v) is 12.5. The highest BCUT2D eigenvalue weighted by atomic mass is 16.5. The van der Waals surface area contributed by atoms with Gasteiger partial charge in [-0.1, -0.05) is 18.2 Å². The molecule has 1 aliphatic rings. The molecule has 0 aliphatic carbocycles. The number of rotatable bonds is 3. The third-order valence-corrected chi connectivity index (χ3v) is 3.63. The van der Waals surface area contributed by atoms with E-state index in [2.05, 4.69) is 15.4 Å². The van der Waals surface area contributed by atoms with Crippen LogP contribution in [-0.2, 0) is 9.53 Å². The maximum absolute atomic E-state index is 12.3. The Balaban J connectivity index is 2.23. The number of ether oxygens (including phenoxy) is 2. The molecule has 1 aromatic carbocycles. The Bertz CT molecular complexity index is 751. The Labute approximate surface area is 127 Å². The average Bonchev–Trinajstić information content (AvgIpc) is 3.00. The summed E-state index contributed by atoms with van der Waals surface area (Å²) in [5.41, 5.74) is 1.98. The number of allylic oxidation sites excluding steroid dienone is 1. The molecule has 0 amide bonds. The molecule has 0 fully saturated rings. The van der Waals surface area contributed by atoms with Crippen LogP contribution in [0.3, 0.4) is 0 Å². The van der Waals surface area contributed by atoms with Crippen LogP contribution in [0.2, 0.25) is 0 Å². The van der Waals surface area contributed by atoms with Crippen LogP contribution in [0.4, 0.5) is 5.95 Å². The summed E-state index contributed by atoms with van der Waals surface area (Å²) in [5, 5.41) is 7.31. The van der Waals surface area contributed by atoms with Gasteiger partial charge in [-0.05, 0) is 13.0 Å². The molecule has 0 spiro atoms. The fraction of sp³-hybridized carbons (Fsp3) is 0.267. The van der Waals surface area contributed by atoms with E-state index in [4.69, 9.17) is 9.47 Å². The van der Waals surface area contributed by atoms with Crippen molar-refractivity contribution in [3.05, 3.63) is 47.4 Å². The van der Waals surface area contributed by atoms with Crippen molar-refractivity contribution in [3.63, 3.8) is 0 Å². The van der Waals surface area contributed by atoms with Gasteiger partial charge in [-0.3, -0.25) is 0 Å². The molecule has 3 rings (SSSR count). The van der Waals surface area contributed by atoms with Gasteiger partial charge in [0.2, 0.25) is 5.95 Å². The van der Waals surface area contributed by atoms with E-state index in [1.165, 1.54) is 13.4 Å². The lowest BCUT2D eigenvalue weighted by molar-refractivity contribution is -0.136. The Kier molecular flexibility index (Phi) is 3.54. The summed E-state index contributed by atoms with van der Waals surface area (Å²) in [4.78, 5) is 16.4. The molecule has 0 bridgehead atoms. The van der Waals surface area contributed by atoms with E-state index in [0.29, 0.717) is 23.0 Å². The first-order chi connectivity index (χ1) is 10.7. The van der Waals surface area contributed by atoms with E-state index in [1.807, 2.05) is 31.2 Å². The molecule has 7 nitrogen and oxygen atoms in total. The molecule has 1 atom stereocenters. The lowest BCUT2D eigenvalue weighted by Gasteiger charge is -2.28.